The number of halogens is 1. The van der Waals surface area contributed by atoms with Gasteiger partial charge in [0, 0.05) is 6.07 Å². The second-order valence-electron chi connectivity index (χ2n) is 4.14. The lowest BCUT2D eigenvalue weighted by atomic mass is 10.1. The third kappa shape index (κ3) is 5.44. The van der Waals surface area contributed by atoms with Crippen LogP contribution < -0.4 is 4.74 Å². The van der Waals surface area contributed by atoms with E-state index in [1.54, 1.807) is 6.07 Å². The van der Waals surface area contributed by atoms with Crippen LogP contribution in [0.2, 0.25) is 0 Å². The van der Waals surface area contributed by atoms with E-state index in [2.05, 4.69) is 0 Å². The summed E-state index contributed by atoms with van der Waals surface area (Å²) < 4.78 is 53.4. The molecule has 1 aromatic carbocycles. The van der Waals surface area contributed by atoms with Gasteiger partial charge in [0.1, 0.15) is 19.0 Å². The molecule has 0 bridgehead atoms. The van der Waals surface area contributed by atoms with Crippen LogP contribution in [0.4, 0.5) is 4.39 Å². The average molecular weight is 306 g/mol. The molecule has 0 aliphatic rings. The van der Waals surface area contributed by atoms with Gasteiger partial charge in [-0.3, -0.25) is 4.55 Å². The van der Waals surface area contributed by atoms with Crippen molar-refractivity contribution in [3.05, 3.63) is 23.8 Å². The Labute approximate surface area is 118 Å². The fourth-order valence-corrected chi connectivity index (χ4v) is 2.17. The number of benzene rings is 1. The highest BCUT2D eigenvalue weighted by Gasteiger charge is 2.13. The highest BCUT2D eigenvalue weighted by molar-refractivity contribution is 7.85. The van der Waals surface area contributed by atoms with Crippen LogP contribution in [0.5, 0.6) is 5.75 Å². The third-order valence-electron chi connectivity index (χ3n) is 2.56. The van der Waals surface area contributed by atoms with Crippen LogP contribution in [0.15, 0.2) is 23.1 Å². The molecule has 1 N–H and O–H groups in total. The fraction of sp³-hybridized carbons (Fsp3) is 0.538. The van der Waals surface area contributed by atoms with Gasteiger partial charge >= 0.3 is 0 Å². The van der Waals surface area contributed by atoms with Gasteiger partial charge in [0.25, 0.3) is 10.1 Å². The summed E-state index contributed by atoms with van der Waals surface area (Å²) in [6.45, 7) is 1.84. The summed E-state index contributed by atoms with van der Waals surface area (Å²) in [5.41, 5.74) is 0.852. The Hall–Kier alpha value is -1.18. The normalized spacial score (nSPS) is 11.6. The summed E-state index contributed by atoms with van der Waals surface area (Å²) in [5, 5.41) is 0. The molecular weight excluding hydrogens is 287 g/mol. The van der Waals surface area contributed by atoms with Gasteiger partial charge in [0.05, 0.1) is 18.1 Å². The van der Waals surface area contributed by atoms with Crippen LogP contribution in [0.3, 0.4) is 0 Å². The van der Waals surface area contributed by atoms with Crippen LogP contribution in [-0.4, -0.2) is 39.5 Å². The van der Waals surface area contributed by atoms with Crippen LogP contribution in [-0.2, 0) is 21.3 Å². The zero-order valence-corrected chi connectivity index (χ0v) is 12.2. The van der Waals surface area contributed by atoms with Crippen molar-refractivity contribution in [1.82, 2.24) is 0 Å². The molecule has 114 valence electrons. The van der Waals surface area contributed by atoms with Crippen LogP contribution in [0, 0.1) is 0 Å². The molecule has 0 spiro atoms. The summed E-state index contributed by atoms with van der Waals surface area (Å²) in [7, 11) is -4.26. The molecule has 0 radical (unpaired) electrons. The molecule has 0 saturated heterocycles. The first-order valence-electron chi connectivity index (χ1n) is 6.36. The van der Waals surface area contributed by atoms with Crippen molar-refractivity contribution in [2.45, 2.75) is 24.7 Å². The summed E-state index contributed by atoms with van der Waals surface area (Å²) in [6, 6.07) is 4.24. The highest BCUT2D eigenvalue weighted by Crippen LogP contribution is 2.24. The first-order valence-corrected chi connectivity index (χ1v) is 7.80. The Kier molecular flexibility index (Phi) is 6.90. The summed E-state index contributed by atoms with van der Waals surface area (Å²) >= 11 is 0. The highest BCUT2D eigenvalue weighted by atomic mass is 32.2. The minimum absolute atomic E-state index is 0.0102. The van der Waals surface area contributed by atoms with Crippen molar-refractivity contribution in [3.63, 3.8) is 0 Å². The van der Waals surface area contributed by atoms with Crippen molar-refractivity contribution in [3.8, 4) is 5.75 Å². The Morgan fingerprint density at radius 3 is 2.60 bits per heavy atom. The van der Waals surface area contributed by atoms with Crippen LogP contribution in [0.25, 0.3) is 0 Å². The molecule has 7 heteroatoms. The van der Waals surface area contributed by atoms with E-state index in [0.29, 0.717) is 5.75 Å². The molecule has 0 aromatic heterocycles. The van der Waals surface area contributed by atoms with Gasteiger partial charge in [0.2, 0.25) is 0 Å². The van der Waals surface area contributed by atoms with Crippen LogP contribution >= 0.6 is 0 Å². The number of aryl methyl sites for hydroxylation is 1. The molecule has 5 nitrogen and oxygen atoms in total. The van der Waals surface area contributed by atoms with E-state index in [4.69, 9.17) is 14.0 Å². The number of ether oxygens (including phenoxy) is 2. The Morgan fingerprint density at radius 2 is 2.00 bits per heavy atom. The number of hydrogen-bond acceptors (Lipinski definition) is 4. The van der Waals surface area contributed by atoms with E-state index in [1.807, 2.05) is 6.92 Å². The van der Waals surface area contributed by atoms with E-state index in [0.717, 1.165) is 18.4 Å². The van der Waals surface area contributed by atoms with Crippen molar-refractivity contribution >= 4 is 10.1 Å². The summed E-state index contributed by atoms with van der Waals surface area (Å²) in [4.78, 5) is -0.211. The predicted molar refractivity (Wildman–Crippen MR) is 72.5 cm³/mol. The van der Waals surface area contributed by atoms with Crippen molar-refractivity contribution < 1.29 is 26.8 Å². The Bertz CT molecular complexity index is 515. The largest absolute Gasteiger partial charge is 0.491 e. The second kappa shape index (κ2) is 8.18. The predicted octanol–water partition coefficient (Wildman–Crippen LogP) is 2.25. The van der Waals surface area contributed by atoms with Gasteiger partial charge in [-0.25, -0.2) is 4.39 Å². The quantitative estimate of drug-likeness (QED) is 0.559. The molecular formula is C13H19FO5S. The SMILES string of the molecule is CCCc1ccc(S(=O)(=O)O)cc1OCCOCCF. The molecule has 0 amide bonds. The first-order chi connectivity index (χ1) is 9.49. The molecule has 0 aliphatic carbocycles. The number of rotatable bonds is 9. The van der Waals surface area contributed by atoms with Gasteiger partial charge in [-0.15, -0.1) is 0 Å². The monoisotopic (exact) mass is 306 g/mol. The summed E-state index contributed by atoms with van der Waals surface area (Å²) in [5.74, 6) is 0.394. The average Bonchev–Trinajstić information content (AvgIpc) is 2.39. The summed E-state index contributed by atoms with van der Waals surface area (Å²) in [6.07, 6.45) is 1.60. The zero-order valence-electron chi connectivity index (χ0n) is 11.3. The van der Waals surface area contributed by atoms with Crippen molar-refractivity contribution in [2.24, 2.45) is 0 Å². The molecule has 20 heavy (non-hydrogen) atoms. The maximum Gasteiger partial charge on any atom is 0.294 e. The molecule has 1 rings (SSSR count). The minimum Gasteiger partial charge on any atom is -0.491 e. The van der Waals surface area contributed by atoms with E-state index in [9.17, 15) is 12.8 Å². The van der Waals surface area contributed by atoms with Crippen molar-refractivity contribution in [1.29, 1.82) is 0 Å². The van der Waals surface area contributed by atoms with E-state index < -0.39 is 16.8 Å². The van der Waals surface area contributed by atoms with Gasteiger partial charge < -0.3 is 9.47 Å². The lowest BCUT2D eigenvalue weighted by molar-refractivity contribution is 0.0893. The van der Waals surface area contributed by atoms with Gasteiger partial charge in [-0.1, -0.05) is 19.4 Å². The first kappa shape index (κ1) is 16.9. The maximum absolute atomic E-state index is 11.8. The molecule has 0 saturated carbocycles. The van der Waals surface area contributed by atoms with Crippen molar-refractivity contribution in [2.75, 3.05) is 26.5 Å². The molecule has 0 heterocycles. The minimum atomic E-state index is -4.26. The molecule has 0 fully saturated rings. The Balaban J connectivity index is 2.78. The van der Waals surface area contributed by atoms with E-state index >= 15 is 0 Å². The van der Waals surface area contributed by atoms with E-state index in [-0.39, 0.29) is 24.7 Å². The van der Waals surface area contributed by atoms with Gasteiger partial charge in [0.15, 0.2) is 0 Å². The molecule has 0 aliphatic heterocycles. The number of alkyl halides is 1. The smallest absolute Gasteiger partial charge is 0.294 e. The standard InChI is InChI=1S/C13H19FO5S/c1-2-3-11-4-5-12(20(15,16)17)10-13(11)19-9-8-18-7-6-14/h4-5,10H,2-3,6-9H2,1H3,(H,15,16,17). The third-order valence-corrected chi connectivity index (χ3v) is 3.41. The number of hydrogen-bond donors (Lipinski definition) is 1. The lowest BCUT2D eigenvalue weighted by Crippen LogP contribution is -2.10. The zero-order chi connectivity index (χ0) is 15.0. The fourth-order valence-electron chi connectivity index (χ4n) is 1.67. The lowest BCUT2D eigenvalue weighted by Gasteiger charge is -2.12. The van der Waals surface area contributed by atoms with Crippen LogP contribution in [0.1, 0.15) is 18.9 Å². The molecule has 1 aromatic rings. The van der Waals surface area contributed by atoms with Gasteiger partial charge in [-0.2, -0.15) is 8.42 Å². The topological polar surface area (TPSA) is 72.8 Å². The molecule has 0 atom stereocenters. The Morgan fingerprint density at radius 1 is 1.25 bits per heavy atom. The molecule has 0 unspecified atom stereocenters. The van der Waals surface area contributed by atoms with E-state index in [1.165, 1.54) is 12.1 Å². The van der Waals surface area contributed by atoms with Gasteiger partial charge in [-0.05, 0) is 18.1 Å². The second-order valence-corrected chi connectivity index (χ2v) is 5.57. The maximum atomic E-state index is 11.8.